The van der Waals surface area contributed by atoms with Crippen LogP contribution in [0, 0.1) is 5.92 Å². The molecule has 20 heavy (non-hydrogen) atoms. The number of fused-ring (bicyclic) bond motifs is 1. The molecule has 0 saturated heterocycles. The topological polar surface area (TPSA) is 24.9 Å². The highest BCUT2D eigenvalue weighted by Crippen LogP contribution is 2.29. The van der Waals surface area contributed by atoms with E-state index in [0.717, 1.165) is 5.92 Å². The van der Waals surface area contributed by atoms with Crippen molar-refractivity contribution >= 4 is 16.5 Å². The smallest absolute Gasteiger partial charge is 0.0423 e. The molecule has 1 heterocycles. The predicted molar refractivity (Wildman–Crippen MR) is 86.0 cm³/mol. The van der Waals surface area contributed by atoms with Crippen molar-refractivity contribution < 1.29 is 0 Å². The fourth-order valence-electron chi connectivity index (χ4n) is 3.40. The molecule has 0 aliphatic heterocycles. The summed E-state index contributed by atoms with van der Waals surface area (Å²) in [7, 11) is 0. The third-order valence-corrected chi connectivity index (χ3v) is 4.71. The number of pyridine rings is 1. The van der Waals surface area contributed by atoms with E-state index in [9.17, 15) is 0 Å². The van der Waals surface area contributed by atoms with Gasteiger partial charge in [0.05, 0.1) is 0 Å². The van der Waals surface area contributed by atoms with Crippen molar-refractivity contribution in [3.8, 4) is 0 Å². The number of rotatable bonds is 3. The summed E-state index contributed by atoms with van der Waals surface area (Å²) in [6.45, 7) is 2.33. The molecular formula is C18H24N2. The molecule has 1 aliphatic carbocycles. The molecule has 2 unspecified atom stereocenters. The maximum atomic E-state index is 4.21. The first-order chi connectivity index (χ1) is 9.86. The monoisotopic (exact) mass is 268 g/mol. The Balaban J connectivity index is 1.76. The fraction of sp³-hybridized carbons (Fsp3) is 0.500. The minimum absolute atomic E-state index is 0.630. The van der Waals surface area contributed by atoms with Gasteiger partial charge in [-0.1, -0.05) is 38.3 Å². The lowest BCUT2D eigenvalue weighted by Gasteiger charge is -2.19. The van der Waals surface area contributed by atoms with E-state index in [1.807, 2.05) is 12.4 Å². The van der Waals surface area contributed by atoms with Crippen molar-refractivity contribution in [2.75, 3.05) is 5.32 Å². The number of hydrogen-bond donors (Lipinski definition) is 1. The molecule has 1 N–H and O–H groups in total. The molecule has 2 heteroatoms. The van der Waals surface area contributed by atoms with E-state index in [0.29, 0.717) is 6.04 Å². The average molecular weight is 268 g/mol. The molecule has 2 nitrogen and oxygen atoms in total. The Labute approximate surface area is 121 Å². The second-order valence-electron chi connectivity index (χ2n) is 6.03. The van der Waals surface area contributed by atoms with Crippen LogP contribution in [-0.4, -0.2) is 11.0 Å². The van der Waals surface area contributed by atoms with Crippen LogP contribution in [0.25, 0.3) is 10.8 Å². The van der Waals surface area contributed by atoms with Gasteiger partial charge >= 0.3 is 0 Å². The molecule has 1 fully saturated rings. The van der Waals surface area contributed by atoms with Gasteiger partial charge in [-0.25, -0.2) is 0 Å². The summed E-state index contributed by atoms with van der Waals surface area (Å²) in [5.41, 5.74) is 1.27. The van der Waals surface area contributed by atoms with Gasteiger partial charge in [0.25, 0.3) is 0 Å². The number of nitrogens with zero attached hydrogens (tertiary/aromatic N) is 1. The molecule has 1 aliphatic rings. The van der Waals surface area contributed by atoms with E-state index in [1.165, 1.54) is 55.0 Å². The van der Waals surface area contributed by atoms with Gasteiger partial charge < -0.3 is 5.32 Å². The standard InChI is InChI=1S/C18H24N2/c1-2-14-5-3-7-16(10-9-14)20-18-8-4-6-15-13-19-12-11-17(15)18/h4,6,8,11-14,16,20H,2-3,5,7,9-10H2,1H3. The molecule has 0 radical (unpaired) electrons. The Morgan fingerprint density at radius 1 is 1.15 bits per heavy atom. The van der Waals surface area contributed by atoms with Gasteiger partial charge in [-0.3, -0.25) is 4.98 Å². The highest BCUT2D eigenvalue weighted by Gasteiger charge is 2.18. The van der Waals surface area contributed by atoms with Crippen LogP contribution < -0.4 is 5.32 Å². The van der Waals surface area contributed by atoms with Crippen molar-refractivity contribution in [2.24, 2.45) is 5.92 Å². The summed E-state index contributed by atoms with van der Waals surface area (Å²) in [6, 6.07) is 9.20. The van der Waals surface area contributed by atoms with Crippen LogP contribution in [0.3, 0.4) is 0 Å². The van der Waals surface area contributed by atoms with E-state index < -0.39 is 0 Å². The van der Waals surface area contributed by atoms with Crippen LogP contribution in [0.15, 0.2) is 36.7 Å². The summed E-state index contributed by atoms with van der Waals surface area (Å²) >= 11 is 0. The Hall–Kier alpha value is -1.57. The van der Waals surface area contributed by atoms with Crippen LogP contribution >= 0.6 is 0 Å². The lowest BCUT2D eigenvalue weighted by atomic mass is 9.98. The normalized spacial score (nSPS) is 23.4. The average Bonchev–Trinajstić information content (AvgIpc) is 2.73. The van der Waals surface area contributed by atoms with Crippen LogP contribution in [-0.2, 0) is 0 Å². The Kier molecular flexibility index (Phi) is 4.19. The van der Waals surface area contributed by atoms with Crippen molar-refractivity contribution in [2.45, 2.75) is 51.5 Å². The van der Waals surface area contributed by atoms with Crippen molar-refractivity contribution in [1.82, 2.24) is 4.98 Å². The van der Waals surface area contributed by atoms with Gasteiger partial charge in [0.2, 0.25) is 0 Å². The highest BCUT2D eigenvalue weighted by atomic mass is 14.9. The first-order valence-electron chi connectivity index (χ1n) is 7.96. The van der Waals surface area contributed by atoms with Crippen molar-refractivity contribution in [1.29, 1.82) is 0 Å². The number of anilines is 1. The van der Waals surface area contributed by atoms with Gasteiger partial charge in [0.1, 0.15) is 0 Å². The Morgan fingerprint density at radius 3 is 3.00 bits per heavy atom. The molecular weight excluding hydrogens is 244 g/mol. The zero-order chi connectivity index (χ0) is 13.8. The molecule has 1 aromatic carbocycles. The second-order valence-corrected chi connectivity index (χ2v) is 6.03. The molecule has 2 aromatic rings. The quantitative estimate of drug-likeness (QED) is 0.792. The van der Waals surface area contributed by atoms with E-state index >= 15 is 0 Å². The summed E-state index contributed by atoms with van der Waals surface area (Å²) in [6.07, 6.45) is 11.9. The van der Waals surface area contributed by atoms with Crippen LogP contribution in [0.1, 0.15) is 45.4 Å². The summed E-state index contributed by atoms with van der Waals surface area (Å²) in [5, 5.41) is 6.29. The predicted octanol–water partition coefficient (Wildman–Crippen LogP) is 5.01. The number of hydrogen-bond acceptors (Lipinski definition) is 2. The second kappa shape index (κ2) is 6.25. The minimum Gasteiger partial charge on any atom is -0.382 e. The first-order valence-corrected chi connectivity index (χ1v) is 7.96. The van der Waals surface area contributed by atoms with E-state index in [2.05, 4.69) is 41.5 Å². The lowest BCUT2D eigenvalue weighted by molar-refractivity contribution is 0.445. The minimum atomic E-state index is 0.630. The lowest BCUT2D eigenvalue weighted by Crippen LogP contribution is -2.18. The van der Waals surface area contributed by atoms with E-state index in [4.69, 9.17) is 0 Å². The summed E-state index contributed by atoms with van der Waals surface area (Å²) in [5.74, 6) is 0.943. The number of benzene rings is 1. The third-order valence-electron chi connectivity index (χ3n) is 4.71. The maximum Gasteiger partial charge on any atom is 0.0423 e. The van der Waals surface area contributed by atoms with E-state index in [-0.39, 0.29) is 0 Å². The Bertz CT molecular complexity index is 559. The van der Waals surface area contributed by atoms with Gasteiger partial charge in [-0.05, 0) is 37.3 Å². The number of aromatic nitrogens is 1. The molecule has 2 atom stereocenters. The van der Waals surface area contributed by atoms with Gasteiger partial charge in [-0.15, -0.1) is 0 Å². The van der Waals surface area contributed by atoms with Gasteiger partial charge in [0.15, 0.2) is 0 Å². The molecule has 1 saturated carbocycles. The molecule has 0 bridgehead atoms. The SMILES string of the molecule is CCC1CCCC(Nc2cccc3cnccc23)CC1. The van der Waals surface area contributed by atoms with Crippen molar-refractivity contribution in [3.63, 3.8) is 0 Å². The summed E-state index contributed by atoms with van der Waals surface area (Å²) in [4.78, 5) is 4.21. The maximum absolute atomic E-state index is 4.21. The van der Waals surface area contributed by atoms with Crippen molar-refractivity contribution in [3.05, 3.63) is 36.7 Å². The van der Waals surface area contributed by atoms with Gasteiger partial charge in [-0.2, -0.15) is 0 Å². The highest BCUT2D eigenvalue weighted by molar-refractivity contribution is 5.93. The molecule has 106 valence electrons. The molecule has 0 amide bonds. The third kappa shape index (κ3) is 2.95. The van der Waals surface area contributed by atoms with E-state index in [1.54, 1.807) is 0 Å². The molecule has 1 aromatic heterocycles. The zero-order valence-corrected chi connectivity index (χ0v) is 12.3. The van der Waals surface area contributed by atoms with Crippen LogP contribution in [0.2, 0.25) is 0 Å². The Morgan fingerprint density at radius 2 is 2.10 bits per heavy atom. The first kappa shape index (κ1) is 13.4. The zero-order valence-electron chi connectivity index (χ0n) is 12.3. The van der Waals surface area contributed by atoms with Gasteiger partial charge in [0, 0.05) is 34.9 Å². The fourth-order valence-corrected chi connectivity index (χ4v) is 3.40. The molecule has 3 rings (SSSR count). The van der Waals surface area contributed by atoms with Crippen LogP contribution in [0.5, 0.6) is 0 Å². The molecule has 0 spiro atoms. The summed E-state index contributed by atoms with van der Waals surface area (Å²) < 4.78 is 0. The van der Waals surface area contributed by atoms with Crippen LogP contribution in [0.4, 0.5) is 5.69 Å². The largest absolute Gasteiger partial charge is 0.382 e. The number of nitrogens with one attached hydrogen (secondary N) is 1.